The van der Waals surface area contributed by atoms with Gasteiger partial charge in [-0.1, -0.05) is 18.2 Å². The first-order valence-corrected chi connectivity index (χ1v) is 6.97. The van der Waals surface area contributed by atoms with Crippen molar-refractivity contribution in [3.05, 3.63) is 77.5 Å². The van der Waals surface area contributed by atoms with Crippen LogP contribution in [0.2, 0.25) is 0 Å². The highest BCUT2D eigenvalue weighted by Gasteiger charge is 2.08. The molecule has 116 valence electrons. The zero-order valence-electron chi connectivity index (χ0n) is 12.0. The van der Waals surface area contributed by atoms with E-state index >= 15 is 0 Å². The number of rotatable bonds is 4. The molecule has 2 aromatic carbocycles. The SMILES string of the molecule is O=C(O)C=Cc1cn(Cc2cc(F)cc(F)c2)c2ccccc12. The highest BCUT2D eigenvalue weighted by atomic mass is 19.1. The third-order valence-electron chi connectivity index (χ3n) is 3.50. The molecule has 0 saturated carbocycles. The summed E-state index contributed by atoms with van der Waals surface area (Å²) < 4.78 is 28.5. The fourth-order valence-corrected chi connectivity index (χ4v) is 2.60. The van der Waals surface area contributed by atoms with Gasteiger partial charge in [0.1, 0.15) is 11.6 Å². The molecule has 1 N–H and O–H groups in total. The predicted molar refractivity (Wildman–Crippen MR) is 84.1 cm³/mol. The Balaban J connectivity index is 2.05. The van der Waals surface area contributed by atoms with Crippen LogP contribution >= 0.6 is 0 Å². The lowest BCUT2D eigenvalue weighted by atomic mass is 10.1. The molecule has 3 rings (SSSR count). The lowest BCUT2D eigenvalue weighted by molar-refractivity contribution is -0.131. The number of hydrogen-bond acceptors (Lipinski definition) is 1. The van der Waals surface area contributed by atoms with Gasteiger partial charge in [-0.2, -0.15) is 0 Å². The topological polar surface area (TPSA) is 42.2 Å². The number of fused-ring (bicyclic) bond motifs is 1. The number of hydrogen-bond donors (Lipinski definition) is 1. The largest absolute Gasteiger partial charge is 0.478 e. The summed E-state index contributed by atoms with van der Waals surface area (Å²) in [4.78, 5) is 10.7. The maximum absolute atomic E-state index is 13.3. The van der Waals surface area contributed by atoms with Crippen molar-refractivity contribution in [2.75, 3.05) is 0 Å². The second-order valence-corrected chi connectivity index (χ2v) is 5.18. The Hall–Kier alpha value is -2.95. The van der Waals surface area contributed by atoms with Crippen molar-refractivity contribution in [1.82, 2.24) is 4.57 Å². The molecule has 3 aromatic rings. The smallest absolute Gasteiger partial charge is 0.328 e. The van der Waals surface area contributed by atoms with Crippen molar-refractivity contribution in [1.29, 1.82) is 0 Å². The Kier molecular flexibility index (Phi) is 3.93. The molecule has 0 aliphatic carbocycles. The van der Waals surface area contributed by atoms with Crippen LogP contribution in [-0.2, 0) is 11.3 Å². The normalized spacial score (nSPS) is 11.4. The first kappa shape index (κ1) is 15.0. The van der Waals surface area contributed by atoms with Gasteiger partial charge in [0.25, 0.3) is 0 Å². The Morgan fingerprint density at radius 1 is 1.13 bits per heavy atom. The minimum absolute atomic E-state index is 0.288. The van der Waals surface area contributed by atoms with E-state index in [9.17, 15) is 13.6 Å². The molecule has 0 unspecified atom stereocenters. The third-order valence-corrected chi connectivity index (χ3v) is 3.50. The summed E-state index contributed by atoms with van der Waals surface area (Å²) >= 11 is 0. The Bertz CT molecular complexity index is 892. The van der Waals surface area contributed by atoms with Crippen LogP contribution in [0.25, 0.3) is 17.0 Å². The van der Waals surface area contributed by atoms with Gasteiger partial charge in [-0.25, -0.2) is 13.6 Å². The molecule has 0 fully saturated rings. The van der Waals surface area contributed by atoms with Crippen LogP contribution in [0.15, 0.2) is 54.7 Å². The molecule has 23 heavy (non-hydrogen) atoms. The van der Waals surface area contributed by atoms with E-state index in [1.807, 2.05) is 28.8 Å². The lowest BCUT2D eigenvalue weighted by Crippen LogP contribution is -1.99. The maximum atomic E-state index is 13.3. The van der Waals surface area contributed by atoms with Crippen LogP contribution in [0, 0.1) is 11.6 Å². The van der Waals surface area contributed by atoms with Gasteiger partial charge in [-0.3, -0.25) is 0 Å². The number of aromatic nitrogens is 1. The maximum Gasteiger partial charge on any atom is 0.328 e. The molecule has 1 heterocycles. The third kappa shape index (κ3) is 3.29. The Morgan fingerprint density at radius 3 is 2.52 bits per heavy atom. The molecule has 0 aliphatic heterocycles. The number of carboxylic acid groups (broad SMARTS) is 1. The van der Waals surface area contributed by atoms with E-state index < -0.39 is 17.6 Å². The van der Waals surface area contributed by atoms with E-state index in [-0.39, 0.29) is 6.54 Å². The zero-order valence-corrected chi connectivity index (χ0v) is 12.0. The quantitative estimate of drug-likeness (QED) is 0.738. The second kappa shape index (κ2) is 6.04. The van der Waals surface area contributed by atoms with Gasteiger partial charge in [0, 0.05) is 41.4 Å². The summed E-state index contributed by atoms with van der Waals surface area (Å²) in [6.45, 7) is 0.288. The van der Waals surface area contributed by atoms with E-state index in [1.54, 1.807) is 6.20 Å². The second-order valence-electron chi connectivity index (χ2n) is 5.18. The first-order valence-electron chi connectivity index (χ1n) is 6.97. The zero-order chi connectivity index (χ0) is 16.4. The van der Waals surface area contributed by atoms with Gasteiger partial charge in [0.2, 0.25) is 0 Å². The van der Waals surface area contributed by atoms with Crippen LogP contribution in [0.5, 0.6) is 0 Å². The van der Waals surface area contributed by atoms with Crippen molar-refractivity contribution >= 4 is 22.9 Å². The Morgan fingerprint density at radius 2 is 1.83 bits per heavy atom. The molecular formula is C18H13F2NO2. The molecule has 1 aromatic heterocycles. The van der Waals surface area contributed by atoms with Crippen molar-refractivity contribution in [3.63, 3.8) is 0 Å². The minimum Gasteiger partial charge on any atom is -0.478 e. The van der Waals surface area contributed by atoms with Gasteiger partial charge in [0.15, 0.2) is 0 Å². The van der Waals surface area contributed by atoms with E-state index in [0.717, 1.165) is 28.6 Å². The highest BCUT2D eigenvalue weighted by molar-refractivity contribution is 5.93. The van der Waals surface area contributed by atoms with Gasteiger partial charge in [-0.05, 0) is 29.8 Å². The fraction of sp³-hybridized carbons (Fsp3) is 0.0556. The fourth-order valence-electron chi connectivity index (χ4n) is 2.60. The predicted octanol–water partition coefficient (Wildman–Crippen LogP) is 4.07. The molecule has 0 amide bonds. The van der Waals surface area contributed by atoms with E-state index in [1.165, 1.54) is 18.2 Å². The van der Waals surface area contributed by atoms with Gasteiger partial charge >= 0.3 is 5.97 Å². The highest BCUT2D eigenvalue weighted by Crippen LogP contribution is 2.24. The summed E-state index contributed by atoms with van der Waals surface area (Å²) in [5.41, 5.74) is 2.10. The minimum atomic E-state index is -1.03. The molecule has 0 radical (unpaired) electrons. The number of carbonyl (C=O) groups is 1. The van der Waals surface area contributed by atoms with E-state index in [4.69, 9.17) is 5.11 Å². The van der Waals surface area contributed by atoms with E-state index in [2.05, 4.69) is 0 Å². The molecule has 0 saturated heterocycles. The van der Waals surface area contributed by atoms with Crippen LogP contribution in [0.3, 0.4) is 0 Å². The average molecular weight is 313 g/mol. The average Bonchev–Trinajstić information content (AvgIpc) is 2.82. The number of carboxylic acids is 1. The summed E-state index contributed by atoms with van der Waals surface area (Å²) in [6, 6.07) is 10.9. The van der Waals surface area contributed by atoms with Gasteiger partial charge in [-0.15, -0.1) is 0 Å². The molecule has 5 heteroatoms. The van der Waals surface area contributed by atoms with Crippen LogP contribution in [0.1, 0.15) is 11.1 Å². The van der Waals surface area contributed by atoms with Gasteiger partial charge < -0.3 is 9.67 Å². The summed E-state index contributed by atoms with van der Waals surface area (Å²) in [7, 11) is 0. The van der Waals surface area contributed by atoms with Crippen molar-refractivity contribution in [2.45, 2.75) is 6.54 Å². The molecule has 0 aliphatic rings. The van der Waals surface area contributed by atoms with Crippen LogP contribution in [-0.4, -0.2) is 15.6 Å². The summed E-state index contributed by atoms with van der Waals surface area (Å²) in [5.74, 6) is -2.28. The van der Waals surface area contributed by atoms with Crippen molar-refractivity contribution in [2.24, 2.45) is 0 Å². The molecule has 3 nitrogen and oxygen atoms in total. The molecular weight excluding hydrogens is 300 g/mol. The van der Waals surface area contributed by atoms with Crippen LogP contribution < -0.4 is 0 Å². The number of aliphatic carboxylic acids is 1. The summed E-state index contributed by atoms with van der Waals surface area (Å²) in [6.07, 6.45) is 4.34. The molecule has 0 atom stereocenters. The van der Waals surface area contributed by atoms with Crippen LogP contribution in [0.4, 0.5) is 8.78 Å². The summed E-state index contributed by atoms with van der Waals surface area (Å²) in [5, 5.41) is 9.65. The number of nitrogens with zero attached hydrogens (tertiary/aromatic N) is 1. The molecule has 0 spiro atoms. The first-order chi connectivity index (χ1) is 11.0. The van der Waals surface area contributed by atoms with E-state index in [0.29, 0.717) is 5.56 Å². The van der Waals surface area contributed by atoms with Crippen molar-refractivity contribution in [3.8, 4) is 0 Å². The molecule has 0 bridgehead atoms. The lowest BCUT2D eigenvalue weighted by Gasteiger charge is -2.06. The number of para-hydroxylation sites is 1. The Labute approximate surface area is 131 Å². The van der Waals surface area contributed by atoms with Gasteiger partial charge in [0.05, 0.1) is 0 Å². The standard InChI is InChI=1S/C18H13F2NO2/c19-14-7-12(8-15(20)9-14)10-21-11-13(5-6-18(22)23)16-3-1-2-4-17(16)21/h1-9,11H,10H2,(H,22,23). The van der Waals surface area contributed by atoms with Crippen molar-refractivity contribution < 1.29 is 18.7 Å². The number of benzene rings is 2. The monoisotopic (exact) mass is 313 g/mol. The number of halogens is 2.